The Kier molecular flexibility index (Phi) is 7.85. The molecule has 0 aliphatic heterocycles. The topological polar surface area (TPSA) is 16.4 Å². The van der Waals surface area contributed by atoms with Crippen molar-refractivity contribution in [3.8, 4) is 44.5 Å². The van der Waals surface area contributed by atoms with Gasteiger partial charge in [-0.25, -0.2) is 0 Å². The Morgan fingerprint density at radius 3 is 1.57 bits per heavy atom. The number of nitrogens with zero attached hydrogens (tertiary/aromatic N) is 1. The maximum atomic E-state index is 6.37. The number of hydrogen-bond acceptors (Lipinski definition) is 2. The molecule has 1 aromatic heterocycles. The van der Waals surface area contributed by atoms with Crippen LogP contribution in [0.4, 0.5) is 17.1 Å². The van der Waals surface area contributed by atoms with Crippen LogP contribution in [0.15, 0.2) is 217 Å². The molecular formula is C52H35NO. The van der Waals surface area contributed by atoms with Crippen LogP contribution in [-0.4, -0.2) is 0 Å². The molecule has 2 nitrogen and oxygen atoms in total. The third-order valence-electron chi connectivity index (χ3n) is 10.5. The summed E-state index contributed by atoms with van der Waals surface area (Å²) < 4.78 is 6.37. The first-order valence-electron chi connectivity index (χ1n) is 18.4. The first kappa shape index (κ1) is 31.6. The smallest absolute Gasteiger partial charge is 0.136 e. The molecule has 9 aromatic carbocycles. The summed E-state index contributed by atoms with van der Waals surface area (Å²) in [5, 5.41) is 4.74. The van der Waals surface area contributed by atoms with Crippen molar-refractivity contribution in [3.05, 3.63) is 212 Å². The molecule has 0 bridgehead atoms. The standard InChI is InChI=1S/C52H35NO/c1-2-13-36(14-3-1)37-25-27-40(28-26-37)45-18-6-9-22-49(45)53(42-32-29-39(30-33-42)44-21-12-16-38-15-4-5-17-43(38)44)50-23-10-7-19-46(50)41-31-34-48-47-20-8-11-24-51(47)54-52(48)35-41/h1-35H. The summed E-state index contributed by atoms with van der Waals surface area (Å²) in [6.07, 6.45) is 0. The van der Waals surface area contributed by atoms with Crippen LogP contribution in [0, 0.1) is 0 Å². The van der Waals surface area contributed by atoms with Gasteiger partial charge in [0.15, 0.2) is 0 Å². The molecular weight excluding hydrogens is 655 g/mol. The summed E-state index contributed by atoms with van der Waals surface area (Å²) in [5.41, 5.74) is 14.4. The summed E-state index contributed by atoms with van der Waals surface area (Å²) in [4.78, 5) is 2.41. The number of benzene rings is 9. The third kappa shape index (κ3) is 5.62. The molecule has 0 spiro atoms. The van der Waals surface area contributed by atoms with E-state index in [2.05, 4.69) is 205 Å². The first-order chi connectivity index (χ1) is 26.8. The lowest BCUT2D eigenvalue weighted by atomic mass is 9.96. The van der Waals surface area contributed by atoms with Crippen LogP contribution in [0.1, 0.15) is 0 Å². The Morgan fingerprint density at radius 1 is 0.296 bits per heavy atom. The molecule has 0 saturated heterocycles. The molecule has 254 valence electrons. The van der Waals surface area contributed by atoms with E-state index in [-0.39, 0.29) is 0 Å². The maximum absolute atomic E-state index is 6.37. The molecule has 0 aliphatic rings. The van der Waals surface area contributed by atoms with Crippen LogP contribution < -0.4 is 4.90 Å². The second-order valence-electron chi connectivity index (χ2n) is 13.7. The zero-order valence-electron chi connectivity index (χ0n) is 29.6. The number of anilines is 3. The van der Waals surface area contributed by atoms with Gasteiger partial charge < -0.3 is 9.32 Å². The SMILES string of the molecule is c1ccc(-c2ccc(-c3ccccc3N(c3ccc(-c4cccc5ccccc45)cc3)c3ccccc3-c3ccc4c(c3)oc3ccccc34)cc2)cc1. The molecule has 10 aromatic rings. The van der Waals surface area contributed by atoms with Crippen molar-refractivity contribution >= 4 is 49.8 Å². The van der Waals surface area contributed by atoms with Gasteiger partial charge in [-0.3, -0.25) is 0 Å². The Morgan fingerprint density at radius 2 is 0.796 bits per heavy atom. The van der Waals surface area contributed by atoms with Gasteiger partial charge in [0, 0.05) is 27.6 Å². The number of para-hydroxylation sites is 3. The average molecular weight is 690 g/mol. The van der Waals surface area contributed by atoms with Gasteiger partial charge in [-0.1, -0.05) is 170 Å². The lowest BCUT2D eigenvalue weighted by Crippen LogP contribution is -2.12. The fraction of sp³-hybridized carbons (Fsp3) is 0. The highest BCUT2D eigenvalue weighted by Crippen LogP contribution is 2.46. The molecule has 0 amide bonds. The Hall–Kier alpha value is -7.16. The van der Waals surface area contributed by atoms with Crippen molar-refractivity contribution in [1.82, 2.24) is 0 Å². The van der Waals surface area contributed by atoms with Crippen molar-refractivity contribution in [2.75, 3.05) is 4.90 Å². The van der Waals surface area contributed by atoms with Gasteiger partial charge in [-0.05, 0) is 86.6 Å². The normalized spacial score (nSPS) is 11.3. The highest BCUT2D eigenvalue weighted by molar-refractivity contribution is 6.06. The van der Waals surface area contributed by atoms with E-state index in [0.29, 0.717) is 0 Å². The van der Waals surface area contributed by atoms with Crippen molar-refractivity contribution < 1.29 is 4.42 Å². The molecule has 1 heterocycles. The van der Waals surface area contributed by atoms with E-state index in [1.807, 2.05) is 12.1 Å². The predicted octanol–water partition coefficient (Wildman–Crippen LogP) is 14.9. The molecule has 0 atom stereocenters. The summed E-state index contributed by atoms with van der Waals surface area (Å²) in [6.45, 7) is 0. The Labute approximate surface area is 314 Å². The molecule has 54 heavy (non-hydrogen) atoms. The Bertz CT molecular complexity index is 2920. The zero-order valence-corrected chi connectivity index (χ0v) is 29.6. The molecule has 0 aliphatic carbocycles. The van der Waals surface area contributed by atoms with Crippen LogP contribution in [0.3, 0.4) is 0 Å². The number of furan rings is 1. The molecule has 0 fully saturated rings. The number of fused-ring (bicyclic) bond motifs is 4. The fourth-order valence-electron chi connectivity index (χ4n) is 7.87. The second-order valence-corrected chi connectivity index (χ2v) is 13.7. The van der Waals surface area contributed by atoms with Crippen molar-refractivity contribution in [3.63, 3.8) is 0 Å². The summed E-state index contributed by atoms with van der Waals surface area (Å²) in [6, 6.07) is 75.9. The van der Waals surface area contributed by atoms with E-state index in [9.17, 15) is 0 Å². The summed E-state index contributed by atoms with van der Waals surface area (Å²) >= 11 is 0. The molecule has 10 rings (SSSR count). The van der Waals surface area contributed by atoms with Crippen LogP contribution in [0.5, 0.6) is 0 Å². The fourth-order valence-corrected chi connectivity index (χ4v) is 7.87. The quantitative estimate of drug-likeness (QED) is 0.166. The minimum atomic E-state index is 0.883. The highest BCUT2D eigenvalue weighted by atomic mass is 16.3. The first-order valence-corrected chi connectivity index (χ1v) is 18.4. The zero-order chi connectivity index (χ0) is 35.8. The Balaban J connectivity index is 1.14. The van der Waals surface area contributed by atoms with Crippen molar-refractivity contribution in [2.24, 2.45) is 0 Å². The molecule has 0 unspecified atom stereocenters. The van der Waals surface area contributed by atoms with Gasteiger partial charge in [0.2, 0.25) is 0 Å². The van der Waals surface area contributed by atoms with E-state index in [1.165, 1.54) is 33.0 Å². The lowest BCUT2D eigenvalue weighted by Gasteiger charge is -2.30. The number of hydrogen-bond donors (Lipinski definition) is 0. The van der Waals surface area contributed by atoms with E-state index in [1.54, 1.807) is 0 Å². The minimum Gasteiger partial charge on any atom is -0.456 e. The van der Waals surface area contributed by atoms with Crippen molar-refractivity contribution in [1.29, 1.82) is 0 Å². The van der Waals surface area contributed by atoms with E-state index < -0.39 is 0 Å². The van der Waals surface area contributed by atoms with Crippen LogP contribution in [0.2, 0.25) is 0 Å². The largest absolute Gasteiger partial charge is 0.456 e. The van der Waals surface area contributed by atoms with Gasteiger partial charge in [0.05, 0.1) is 11.4 Å². The highest BCUT2D eigenvalue weighted by Gasteiger charge is 2.21. The minimum absolute atomic E-state index is 0.883. The van der Waals surface area contributed by atoms with Crippen LogP contribution in [-0.2, 0) is 0 Å². The molecule has 0 N–H and O–H groups in total. The summed E-state index contributed by atoms with van der Waals surface area (Å²) in [7, 11) is 0. The molecule has 0 saturated carbocycles. The van der Waals surface area contributed by atoms with E-state index in [4.69, 9.17) is 4.42 Å². The monoisotopic (exact) mass is 689 g/mol. The van der Waals surface area contributed by atoms with Crippen molar-refractivity contribution in [2.45, 2.75) is 0 Å². The van der Waals surface area contributed by atoms with Gasteiger partial charge >= 0.3 is 0 Å². The maximum Gasteiger partial charge on any atom is 0.136 e. The van der Waals surface area contributed by atoms with Gasteiger partial charge in [0.1, 0.15) is 11.2 Å². The van der Waals surface area contributed by atoms with Gasteiger partial charge in [0.25, 0.3) is 0 Å². The van der Waals surface area contributed by atoms with Gasteiger partial charge in [-0.2, -0.15) is 0 Å². The second kappa shape index (κ2) is 13.4. The van der Waals surface area contributed by atoms with Gasteiger partial charge in [-0.15, -0.1) is 0 Å². The lowest BCUT2D eigenvalue weighted by molar-refractivity contribution is 0.669. The average Bonchev–Trinajstić information content (AvgIpc) is 3.63. The van der Waals surface area contributed by atoms with E-state index >= 15 is 0 Å². The molecule has 2 heteroatoms. The van der Waals surface area contributed by atoms with Crippen LogP contribution >= 0.6 is 0 Å². The molecule has 0 radical (unpaired) electrons. The third-order valence-corrected chi connectivity index (χ3v) is 10.5. The predicted molar refractivity (Wildman–Crippen MR) is 228 cm³/mol. The summed E-state index contributed by atoms with van der Waals surface area (Å²) in [5.74, 6) is 0. The number of rotatable bonds is 7. The van der Waals surface area contributed by atoms with E-state index in [0.717, 1.165) is 61.3 Å². The van der Waals surface area contributed by atoms with Crippen LogP contribution in [0.25, 0.3) is 77.2 Å².